The summed E-state index contributed by atoms with van der Waals surface area (Å²) in [7, 11) is 0. The standard InChI is InChI=1S/C10H19NO4/c1-6(2)3-10(13)15-7-4-9(11)14-8(7)5-12/h6-9,12H,3-5,11H2,1-2H3/t7?,8-,9-/m0/s1. The van der Waals surface area contributed by atoms with Crippen molar-refractivity contribution < 1.29 is 19.4 Å². The molecule has 5 heteroatoms. The van der Waals surface area contributed by atoms with Crippen LogP contribution in [0.1, 0.15) is 26.7 Å². The molecule has 1 rings (SSSR count). The second kappa shape index (κ2) is 5.44. The minimum Gasteiger partial charge on any atom is -0.459 e. The van der Waals surface area contributed by atoms with Crippen molar-refractivity contribution in [2.24, 2.45) is 11.7 Å². The fraction of sp³-hybridized carbons (Fsp3) is 0.900. The fourth-order valence-corrected chi connectivity index (χ4v) is 1.58. The zero-order valence-electron chi connectivity index (χ0n) is 9.18. The van der Waals surface area contributed by atoms with Crippen LogP contribution < -0.4 is 5.73 Å². The van der Waals surface area contributed by atoms with Gasteiger partial charge in [0.15, 0.2) is 0 Å². The number of aliphatic hydroxyl groups is 1. The van der Waals surface area contributed by atoms with Gasteiger partial charge in [-0.1, -0.05) is 13.8 Å². The molecule has 3 atom stereocenters. The highest BCUT2D eigenvalue weighted by molar-refractivity contribution is 5.69. The first-order valence-corrected chi connectivity index (χ1v) is 5.24. The van der Waals surface area contributed by atoms with E-state index in [1.807, 2.05) is 13.8 Å². The maximum atomic E-state index is 11.4. The van der Waals surface area contributed by atoms with Gasteiger partial charge >= 0.3 is 5.97 Å². The molecule has 0 aromatic heterocycles. The molecule has 1 fully saturated rings. The molecule has 1 saturated heterocycles. The van der Waals surface area contributed by atoms with E-state index < -0.39 is 18.4 Å². The lowest BCUT2D eigenvalue weighted by Crippen LogP contribution is -2.30. The number of hydrogen-bond donors (Lipinski definition) is 2. The van der Waals surface area contributed by atoms with E-state index in [9.17, 15) is 4.79 Å². The fourth-order valence-electron chi connectivity index (χ4n) is 1.58. The summed E-state index contributed by atoms with van der Waals surface area (Å²) >= 11 is 0. The van der Waals surface area contributed by atoms with Crippen molar-refractivity contribution in [3.8, 4) is 0 Å². The lowest BCUT2D eigenvalue weighted by molar-refractivity contribution is -0.153. The number of nitrogens with two attached hydrogens (primary N) is 1. The monoisotopic (exact) mass is 217 g/mol. The van der Waals surface area contributed by atoms with Crippen molar-refractivity contribution in [3.05, 3.63) is 0 Å². The maximum Gasteiger partial charge on any atom is 0.306 e. The summed E-state index contributed by atoms with van der Waals surface area (Å²) in [5, 5.41) is 8.98. The summed E-state index contributed by atoms with van der Waals surface area (Å²) in [5.74, 6) is 0.00669. The summed E-state index contributed by atoms with van der Waals surface area (Å²) < 4.78 is 10.4. The van der Waals surface area contributed by atoms with Crippen LogP contribution in [-0.4, -0.2) is 36.1 Å². The molecule has 0 bridgehead atoms. The van der Waals surface area contributed by atoms with E-state index in [0.717, 1.165) is 0 Å². The number of aliphatic hydroxyl groups excluding tert-OH is 1. The molecule has 1 unspecified atom stereocenters. The third-order valence-corrected chi connectivity index (χ3v) is 2.27. The van der Waals surface area contributed by atoms with Gasteiger partial charge in [0, 0.05) is 12.8 Å². The molecule has 1 aliphatic heterocycles. The topological polar surface area (TPSA) is 81.8 Å². The third-order valence-electron chi connectivity index (χ3n) is 2.27. The molecule has 0 radical (unpaired) electrons. The molecule has 0 amide bonds. The molecule has 0 saturated carbocycles. The van der Waals surface area contributed by atoms with Crippen molar-refractivity contribution in [2.75, 3.05) is 6.61 Å². The summed E-state index contributed by atoms with van der Waals surface area (Å²) in [6.07, 6.45) is -0.495. The normalized spacial score (nSPS) is 30.9. The average molecular weight is 217 g/mol. The van der Waals surface area contributed by atoms with E-state index in [2.05, 4.69) is 0 Å². The van der Waals surface area contributed by atoms with E-state index in [0.29, 0.717) is 12.8 Å². The lowest BCUT2D eigenvalue weighted by Gasteiger charge is -2.17. The number of ether oxygens (including phenoxy) is 2. The van der Waals surface area contributed by atoms with Crippen molar-refractivity contribution in [1.29, 1.82) is 0 Å². The highest BCUT2D eigenvalue weighted by Gasteiger charge is 2.35. The van der Waals surface area contributed by atoms with Crippen LogP contribution in [0.2, 0.25) is 0 Å². The zero-order chi connectivity index (χ0) is 11.4. The molecular weight excluding hydrogens is 198 g/mol. The van der Waals surface area contributed by atoms with Crippen LogP contribution in [0.4, 0.5) is 0 Å². The molecule has 3 N–H and O–H groups in total. The van der Waals surface area contributed by atoms with Crippen LogP contribution in [0.5, 0.6) is 0 Å². The van der Waals surface area contributed by atoms with Crippen LogP contribution in [0.3, 0.4) is 0 Å². The van der Waals surface area contributed by atoms with Crippen LogP contribution in [0, 0.1) is 5.92 Å². The highest BCUT2D eigenvalue weighted by Crippen LogP contribution is 2.21. The largest absolute Gasteiger partial charge is 0.459 e. The number of carbonyl (C=O) groups excluding carboxylic acids is 1. The van der Waals surface area contributed by atoms with Crippen molar-refractivity contribution in [3.63, 3.8) is 0 Å². The smallest absolute Gasteiger partial charge is 0.306 e. The highest BCUT2D eigenvalue weighted by atomic mass is 16.6. The SMILES string of the molecule is CC(C)CC(=O)OC1C[C@@H](N)O[C@H]1CO. The first-order valence-electron chi connectivity index (χ1n) is 5.24. The van der Waals surface area contributed by atoms with Crippen LogP contribution in [0.15, 0.2) is 0 Å². The second-order valence-electron chi connectivity index (χ2n) is 4.26. The van der Waals surface area contributed by atoms with Gasteiger partial charge in [0.05, 0.1) is 6.61 Å². The quantitative estimate of drug-likeness (QED) is 0.648. The van der Waals surface area contributed by atoms with Gasteiger partial charge < -0.3 is 20.3 Å². The van der Waals surface area contributed by atoms with Gasteiger partial charge in [0.1, 0.15) is 18.4 Å². The first kappa shape index (κ1) is 12.4. The van der Waals surface area contributed by atoms with Crippen molar-refractivity contribution in [2.45, 2.75) is 45.1 Å². The summed E-state index contributed by atoms with van der Waals surface area (Å²) in [6.45, 7) is 3.72. The van der Waals surface area contributed by atoms with E-state index in [-0.39, 0.29) is 18.5 Å². The second-order valence-corrected chi connectivity index (χ2v) is 4.26. The van der Waals surface area contributed by atoms with Gasteiger partial charge in [-0.3, -0.25) is 4.79 Å². The van der Waals surface area contributed by atoms with Crippen molar-refractivity contribution in [1.82, 2.24) is 0 Å². The lowest BCUT2D eigenvalue weighted by atomic mass is 10.1. The van der Waals surface area contributed by atoms with E-state index in [1.54, 1.807) is 0 Å². The Morgan fingerprint density at radius 1 is 1.67 bits per heavy atom. The van der Waals surface area contributed by atoms with Gasteiger partial charge in [-0.05, 0) is 5.92 Å². The number of hydrogen-bond acceptors (Lipinski definition) is 5. The van der Waals surface area contributed by atoms with E-state index in [1.165, 1.54) is 0 Å². The minimum absolute atomic E-state index is 0.173. The van der Waals surface area contributed by atoms with Crippen LogP contribution in [0.25, 0.3) is 0 Å². The maximum absolute atomic E-state index is 11.4. The predicted molar refractivity (Wildman–Crippen MR) is 53.9 cm³/mol. The molecule has 88 valence electrons. The number of rotatable bonds is 4. The Balaban J connectivity index is 2.40. The van der Waals surface area contributed by atoms with E-state index >= 15 is 0 Å². The Hall–Kier alpha value is -0.650. The molecule has 5 nitrogen and oxygen atoms in total. The first-order chi connectivity index (χ1) is 7.02. The van der Waals surface area contributed by atoms with Crippen LogP contribution >= 0.6 is 0 Å². The number of esters is 1. The van der Waals surface area contributed by atoms with E-state index in [4.69, 9.17) is 20.3 Å². The van der Waals surface area contributed by atoms with Gasteiger partial charge in [-0.2, -0.15) is 0 Å². The average Bonchev–Trinajstić information content (AvgIpc) is 2.44. The summed E-state index contributed by atoms with van der Waals surface area (Å²) in [4.78, 5) is 11.4. The number of carbonyl (C=O) groups is 1. The van der Waals surface area contributed by atoms with Gasteiger partial charge in [-0.25, -0.2) is 0 Å². The molecule has 1 heterocycles. The Kier molecular flexibility index (Phi) is 4.50. The summed E-state index contributed by atoms with van der Waals surface area (Å²) in [6, 6.07) is 0. The van der Waals surface area contributed by atoms with Gasteiger partial charge in [0.25, 0.3) is 0 Å². The third kappa shape index (κ3) is 3.77. The molecular formula is C10H19NO4. The van der Waals surface area contributed by atoms with Gasteiger partial charge in [-0.15, -0.1) is 0 Å². The zero-order valence-corrected chi connectivity index (χ0v) is 9.18. The van der Waals surface area contributed by atoms with Crippen LogP contribution in [-0.2, 0) is 14.3 Å². The predicted octanol–water partition coefficient (Wildman–Crippen LogP) is 0.0103. The molecule has 0 spiro atoms. The Bertz CT molecular complexity index is 219. The molecule has 0 aromatic rings. The summed E-state index contributed by atoms with van der Waals surface area (Å²) in [5.41, 5.74) is 5.54. The minimum atomic E-state index is -0.476. The molecule has 1 aliphatic rings. The molecule has 0 aliphatic carbocycles. The molecule has 15 heavy (non-hydrogen) atoms. The van der Waals surface area contributed by atoms with Gasteiger partial charge in [0.2, 0.25) is 0 Å². The van der Waals surface area contributed by atoms with Crippen molar-refractivity contribution >= 4 is 5.97 Å². The Morgan fingerprint density at radius 3 is 2.87 bits per heavy atom. The Labute approximate surface area is 89.5 Å². The molecule has 0 aromatic carbocycles. The Morgan fingerprint density at radius 2 is 2.33 bits per heavy atom.